The minimum atomic E-state index is -4.02. The number of aromatic nitrogens is 2. The molecule has 1 aliphatic heterocycles. The van der Waals surface area contributed by atoms with Crippen LogP contribution in [-0.4, -0.2) is 79.0 Å². The third-order valence-corrected chi connectivity index (χ3v) is 8.78. The van der Waals surface area contributed by atoms with Crippen LogP contribution in [0.25, 0.3) is 16.9 Å². The van der Waals surface area contributed by atoms with Gasteiger partial charge in [-0.25, -0.2) is 17.8 Å². The van der Waals surface area contributed by atoms with Crippen molar-refractivity contribution < 1.29 is 22.3 Å². The molecule has 1 aromatic heterocycles. The fourth-order valence-electron chi connectivity index (χ4n) is 4.46. The van der Waals surface area contributed by atoms with Gasteiger partial charge in [0, 0.05) is 48.6 Å². The summed E-state index contributed by atoms with van der Waals surface area (Å²) < 4.78 is 49.0. The number of carbonyl (C=O) groups excluding carboxylic acids is 1. The van der Waals surface area contributed by atoms with Crippen molar-refractivity contribution >= 4 is 33.5 Å². The smallest absolute Gasteiger partial charge is 0.243 e. The minimum Gasteiger partial charge on any atom is -0.379 e. The molecule has 0 atom stereocenters. The second-order valence-corrected chi connectivity index (χ2v) is 11.8. The van der Waals surface area contributed by atoms with E-state index < -0.39 is 28.3 Å². The van der Waals surface area contributed by atoms with E-state index in [0.29, 0.717) is 49.3 Å². The molecule has 0 radical (unpaired) electrons. The molecule has 0 unspecified atom stereocenters. The molecule has 41 heavy (non-hydrogen) atoms. The van der Waals surface area contributed by atoms with Gasteiger partial charge in [0.15, 0.2) is 0 Å². The van der Waals surface area contributed by atoms with Crippen molar-refractivity contribution in [3.8, 4) is 16.9 Å². The Kier molecular flexibility index (Phi) is 9.11. The van der Waals surface area contributed by atoms with Gasteiger partial charge in [0.1, 0.15) is 5.82 Å². The fourth-order valence-corrected chi connectivity index (χ4v) is 5.97. The van der Waals surface area contributed by atoms with Crippen LogP contribution in [0.4, 0.5) is 10.3 Å². The standard InChI is InChI=1S/C29H29ClFN5O4S/c30-23-6-12-26(13-7-23)41(38,39)35(15-14-34-16-18-40-19-17-34)21-28(37)33-29-32-27(22-4-2-1-3-5-22)20-36(29)25-10-8-24(31)9-11-25/h1-13,20H,14-19,21H2,(H,32,33,37). The number of amides is 1. The molecular weight excluding hydrogens is 569 g/mol. The fraction of sp³-hybridized carbons (Fsp3) is 0.241. The Morgan fingerprint density at radius 2 is 1.68 bits per heavy atom. The van der Waals surface area contributed by atoms with E-state index in [2.05, 4.69) is 15.2 Å². The maximum atomic E-state index is 13.6. The first-order valence-electron chi connectivity index (χ1n) is 13.1. The minimum absolute atomic E-state index is 0.0378. The highest BCUT2D eigenvalue weighted by molar-refractivity contribution is 7.89. The van der Waals surface area contributed by atoms with E-state index in [1.54, 1.807) is 22.9 Å². The zero-order valence-electron chi connectivity index (χ0n) is 22.1. The number of morpholine rings is 1. The van der Waals surface area contributed by atoms with Crippen molar-refractivity contribution in [2.75, 3.05) is 51.3 Å². The molecular formula is C29H29ClFN5O4S. The second kappa shape index (κ2) is 12.9. The number of halogens is 2. The van der Waals surface area contributed by atoms with Gasteiger partial charge in [-0.2, -0.15) is 4.31 Å². The number of nitrogens with zero attached hydrogens (tertiary/aromatic N) is 4. The third kappa shape index (κ3) is 7.19. The van der Waals surface area contributed by atoms with Crippen LogP contribution in [0, 0.1) is 5.82 Å². The first-order chi connectivity index (χ1) is 19.8. The van der Waals surface area contributed by atoms with Crippen LogP contribution in [0.2, 0.25) is 5.02 Å². The van der Waals surface area contributed by atoms with Gasteiger partial charge < -0.3 is 4.74 Å². The zero-order valence-corrected chi connectivity index (χ0v) is 23.7. The average molecular weight is 598 g/mol. The average Bonchev–Trinajstić information content (AvgIpc) is 3.40. The number of carbonyl (C=O) groups is 1. The Hall–Kier alpha value is -3.61. The molecule has 12 heteroatoms. The molecule has 0 bridgehead atoms. The number of rotatable bonds is 10. The van der Waals surface area contributed by atoms with E-state index in [1.807, 2.05) is 30.3 Å². The Morgan fingerprint density at radius 1 is 1.00 bits per heavy atom. The van der Waals surface area contributed by atoms with Crippen molar-refractivity contribution in [1.82, 2.24) is 18.8 Å². The first kappa shape index (κ1) is 28.9. The van der Waals surface area contributed by atoms with Crippen LogP contribution >= 0.6 is 11.6 Å². The van der Waals surface area contributed by atoms with Crippen molar-refractivity contribution in [2.24, 2.45) is 0 Å². The van der Waals surface area contributed by atoms with Gasteiger partial charge in [-0.1, -0.05) is 41.9 Å². The summed E-state index contributed by atoms with van der Waals surface area (Å²) in [5.74, 6) is -0.790. The van der Waals surface area contributed by atoms with E-state index in [0.717, 1.165) is 9.87 Å². The summed E-state index contributed by atoms with van der Waals surface area (Å²) in [6.45, 7) is 2.59. The topological polar surface area (TPSA) is 96.8 Å². The number of ether oxygens (including phenoxy) is 1. The molecule has 0 aliphatic carbocycles. The van der Waals surface area contributed by atoms with Crippen molar-refractivity contribution in [1.29, 1.82) is 0 Å². The summed E-state index contributed by atoms with van der Waals surface area (Å²) in [4.78, 5) is 20.1. The van der Waals surface area contributed by atoms with E-state index in [1.165, 1.54) is 36.4 Å². The van der Waals surface area contributed by atoms with Crippen molar-refractivity contribution in [3.05, 3.63) is 95.9 Å². The normalized spacial score (nSPS) is 14.3. The van der Waals surface area contributed by atoms with E-state index in [-0.39, 0.29) is 17.4 Å². The molecule has 5 rings (SSSR count). The van der Waals surface area contributed by atoms with Crippen molar-refractivity contribution in [2.45, 2.75) is 4.90 Å². The summed E-state index contributed by atoms with van der Waals surface area (Å²) in [6, 6.07) is 21.0. The van der Waals surface area contributed by atoms with Gasteiger partial charge in [-0.3, -0.25) is 19.6 Å². The lowest BCUT2D eigenvalue weighted by atomic mass is 10.2. The Bertz CT molecular complexity index is 1580. The molecule has 214 valence electrons. The molecule has 1 saturated heterocycles. The number of anilines is 1. The van der Waals surface area contributed by atoms with E-state index in [4.69, 9.17) is 16.3 Å². The quantitative estimate of drug-likeness (QED) is 0.293. The Balaban J connectivity index is 1.41. The second-order valence-electron chi connectivity index (χ2n) is 9.46. The maximum Gasteiger partial charge on any atom is 0.243 e. The highest BCUT2D eigenvalue weighted by Crippen LogP contribution is 2.25. The zero-order chi connectivity index (χ0) is 28.8. The Labute approximate surface area is 243 Å². The lowest BCUT2D eigenvalue weighted by molar-refractivity contribution is -0.116. The maximum absolute atomic E-state index is 13.6. The number of benzene rings is 3. The molecule has 0 spiro atoms. The first-order valence-corrected chi connectivity index (χ1v) is 14.9. The van der Waals surface area contributed by atoms with Gasteiger partial charge in [0.25, 0.3) is 0 Å². The van der Waals surface area contributed by atoms with E-state index in [9.17, 15) is 17.6 Å². The van der Waals surface area contributed by atoms with Gasteiger partial charge in [0.05, 0.1) is 30.3 Å². The van der Waals surface area contributed by atoms with Gasteiger partial charge in [-0.05, 0) is 48.5 Å². The number of hydrogen-bond acceptors (Lipinski definition) is 6. The van der Waals surface area contributed by atoms with Gasteiger partial charge in [0.2, 0.25) is 21.9 Å². The number of hydrogen-bond donors (Lipinski definition) is 1. The van der Waals surface area contributed by atoms with Gasteiger partial charge in [-0.15, -0.1) is 0 Å². The monoisotopic (exact) mass is 597 g/mol. The lowest BCUT2D eigenvalue weighted by Gasteiger charge is -2.29. The molecule has 1 fully saturated rings. The molecule has 2 heterocycles. The molecule has 1 N–H and O–H groups in total. The van der Waals surface area contributed by atoms with Crippen LogP contribution in [0.5, 0.6) is 0 Å². The summed E-state index contributed by atoms with van der Waals surface area (Å²) in [5.41, 5.74) is 1.99. The van der Waals surface area contributed by atoms with Gasteiger partial charge >= 0.3 is 0 Å². The molecule has 0 saturated carbocycles. The van der Waals surface area contributed by atoms with Crippen molar-refractivity contribution in [3.63, 3.8) is 0 Å². The highest BCUT2D eigenvalue weighted by atomic mass is 35.5. The Morgan fingerprint density at radius 3 is 2.37 bits per heavy atom. The largest absolute Gasteiger partial charge is 0.379 e. The molecule has 4 aromatic rings. The molecule has 1 aliphatic rings. The van der Waals surface area contributed by atoms with Crippen LogP contribution in [0.15, 0.2) is 90.0 Å². The molecule has 3 aromatic carbocycles. The lowest BCUT2D eigenvalue weighted by Crippen LogP contribution is -2.45. The summed E-state index contributed by atoms with van der Waals surface area (Å²) in [5, 5.41) is 3.18. The number of imidazole rings is 1. The van der Waals surface area contributed by atoms with Crippen LogP contribution < -0.4 is 5.32 Å². The predicted molar refractivity (Wildman–Crippen MR) is 155 cm³/mol. The SMILES string of the molecule is O=C(CN(CCN1CCOCC1)S(=O)(=O)c1ccc(Cl)cc1)Nc1nc(-c2ccccc2)cn1-c1ccc(F)cc1. The summed E-state index contributed by atoms with van der Waals surface area (Å²) in [6.07, 6.45) is 1.73. The molecule has 9 nitrogen and oxygen atoms in total. The summed E-state index contributed by atoms with van der Waals surface area (Å²) in [7, 11) is -4.02. The number of nitrogens with one attached hydrogen (secondary N) is 1. The van der Waals surface area contributed by atoms with Crippen LogP contribution in [0.1, 0.15) is 0 Å². The van der Waals surface area contributed by atoms with E-state index >= 15 is 0 Å². The summed E-state index contributed by atoms with van der Waals surface area (Å²) >= 11 is 5.98. The molecule has 1 amide bonds. The van der Waals surface area contributed by atoms with Crippen LogP contribution in [-0.2, 0) is 19.6 Å². The number of sulfonamides is 1. The third-order valence-electron chi connectivity index (χ3n) is 6.67. The predicted octanol–water partition coefficient (Wildman–Crippen LogP) is 4.29. The highest BCUT2D eigenvalue weighted by Gasteiger charge is 2.28. The van der Waals surface area contributed by atoms with Crippen LogP contribution in [0.3, 0.4) is 0 Å².